The number of anilines is 2. The SMILES string of the molecule is CC.CNc1cccc(C#N)c1.O=Cc1cnn2c1C(=O)N(c1ccc(C3CC(OC(F)(F)F)C3)cc1)CC2. The van der Waals surface area contributed by atoms with Gasteiger partial charge in [0.25, 0.3) is 5.91 Å². The maximum atomic E-state index is 12.7. The summed E-state index contributed by atoms with van der Waals surface area (Å²) in [6.45, 7) is 4.91. The van der Waals surface area contributed by atoms with Gasteiger partial charge in [0, 0.05) is 25.0 Å². The quantitative estimate of drug-likeness (QED) is 0.412. The Bertz CT molecular complexity index is 1310. The number of nitrogens with zero attached hydrogens (tertiary/aromatic N) is 4. The molecule has 8 nitrogen and oxygen atoms in total. The number of carbonyl (C=O) groups excluding carboxylic acids is 2. The molecule has 11 heteroatoms. The molecule has 2 heterocycles. The highest BCUT2D eigenvalue weighted by Crippen LogP contribution is 2.41. The Hall–Kier alpha value is -4.17. The van der Waals surface area contributed by atoms with E-state index in [0.717, 1.165) is 11.3 Å². The number of ether oxygens (including phenoxy) is 1. The summed E-state index contributed by atoms with van der Waals surface area (Å²) in [5.74, 6) is -0.276. The summed E-state index contributed by atoms with van der Waals surface area (Å²) in [4.78, 5) is 25.4. The Morgan fingerprint density at radius 2 is 1.82 bits per heavy atom. The van der Waals surface area contributed by atoms with Crippen LogP contribution in [0.1, 0.15) is 64.6 Å². The second kappa shape index (κ2) is 13.1. The smallest absolute Gasteiger partial charge is 0.388 e. The first-order valence-electron chi connectivity index (χ1n) is 12.6. The van der Waals surface area contributed by atoms with Crippen molar-refractivity contribution in [3.63, 3.8) is 0 Å². The van der Waals surface area contributed by atoms with E-state index in [1.165, 1.54) is 10.9 Å². The van der Waals surface area contributed by atoms with Gasteiger partial charge in [-0.2, -0.15) is 10.4 Å². The maximum absolute atomic E-state index is 12.7. The van der Waals surface area contributed by atoms with Gasteiger partial charge < -0.3 is 10.2 Å². The molecule has 3 aromatic rings. The number of nitrogens with one attached hydrogen (secondary N) is 1. The number of carbonyl (C=O) groups is 2. The molecule has 1 aliphatic carbocycles. The zero-order chi connectivity index (χ0) is 28.6. The van der Waals surface area contributed by atoms with Crippen molar-refractivity contribution in [3.8, 4) is 6.07 Å². The topological polar surface area (TPSA) is 100 Å². The second-order valence-corrected chi connectivity index (χ2v) is 8.63. The van der Waals surface area contributed by atoms with Crippen LogP contribution in [0, 0.1) is 11.3 Å². The molecule has 0 atom stereocenters. The minimum Gasteiger partial charge on any atom is -0.388 e. The van der Waals surface area contributed by atoms with E-state index in [-0.39, 0.29) is 23.1 Å². The molecule has 1 aromatic heterocycles. The third kappa shape index (κ3) is 7.23. The highest BCUT2D eigenvalue weighted by molar-refractivity contribution is 6.09. The lowest BCUT2D eigenvalue weighted by atomic mass is 9.77. The third-order valence-corrected chi connectivity index (χ3v) is 6.33. The van der Waals surface area contributed by atoms with Gasteiger partial charge in [0.2, 0.25) is 0 Å². The van der Waals surface area contributed by atoms with E-state index in [1.807, 2.05) is 45.2 Å². The Morgan fingerprint density at radius 3 is 2.41 bits per heavy atom. The van der Waals surface area contributed by atoms with Crippen molar-refractivity contribution in [1.29, 1.82) is 5.26 Å². The summed E-state index contributed by atoms with van der Waals surface area (Å²) >= 11 is 0. The summed E-state index contributed by atoms with van der Waals surface area (Å²) in [7, 11) is 1.83. The Kier molecular flexibility index (Phi) is 9.84. The molecule has 0 spiro atoms. The van der Waals surface area contributed by atoms with Crippen LogP contribution in [0.3, 0.4) is 0 Å². The van der Waals surface area contributed by atoms with Gasteiger partial charge in [0.15, 0.2) is 6.29 Å². The van der Waals surface area contributed by atoms with Crippen LogP contribution in [0.25, 0.3) is 0 Å². The van der Waals surface area contributed by atoms with Crippen LogP contribution in [0.5, 0.6) is 0 Å². The van der Waals surface area contributed by atoms with Crippen molar-refractivity contribution < 1.29 is 27.5 Å². The number of fused-ring (bicyclic) bond motifs is 1. The van der Waals surface area contributed by atoms with Gasteiger partial charge >= 0.3 is 6.36 Å². The van der Waals surface area contributed by atoms with Crippen molar-refractivity contribution >= 4 is 23.6 Å². The fourth-order valence-electron chi connectivity index (χ4n) is 4.35. The van der Waals surface area contributed by atoms with Crippen LogP contribution >= 0.6 is 0 Å². The van der Waals surface area contributed by atoms with E-state index < -0.39 is 12.5 Å². The fourth-order valence-corrected chi connectivity index (χ4v) is 4.35. The Balaban J connectivity index is 0.000000294. The number of benzene rings is 2. The van der Waals surface area contributed by atoms with E-state index in [2.05, 4.69) is 21.2 Å². The molecule has 2 aromatic carbocycles. The zero-order valence-corrected chi connectivity index (χ0v) is 21.9. The third-order valence-electron chi connectivity index (χ3n) is 6.33. The molecular weight excluding hydrogens is 511 g/mol. The van der Waals surface area contributed by atoms with Gasteiger partial charge in [-0.1, -0.05) is 32.0 Å². The van der Waals surface area contributed by atoms with Gasteiger partial charge in [-0.05, 0) is 54.7 Å². The van der Waals surface area contributed by atoms with Crippen LogP contribution in [0.2, 0.25) is 0 Å². The van der Waals surface area contributed by atoms with Gasteiger partial charge in [-0.3, -0.25) is 19.0 Å². The van der Waals surface area contributed by atoms with Crippen molar-refractivity contribution in [2.45, 2.75) is 51.6 Å². The summed E-state index contributed by atoms with van der Waals surface area (Å²) < 4.78 is 42.1. The number of nitriles is 1. The minimum absolute atomic E-state index is 0.0200. The van der Waals surface area contributed by atoms with Crippen molar-refractivity contribution in [2.24, 2.45) is 0 Å². The first-order chi connectivity index (χ1) is 18.7. The standard InChI is InChI=1S/C18H16F3N3O3.C8H8N2.C2H6/c19-18(20,21)27-15-7-12(8-15)11-1-3-14(4-2-11)23-5-6-24-16(17(23)26)13(10-25)9-22-24;1-10-8-4-2-3-7(5-8)6-9;1-2/h1-4,9-10,12,15H,5-8H2;2-5,10H,1H3;1-2H3. The number of alkyl halides is 3. The average Bonchev–Trinajstić information content (AvgIpc) is 3.36. The lowest BCUT2D eigenvalue weighted by molar-refractivity contribution is -0.351. The normalized spacial score (nSPS) is 17.8. The van der Waals surface area contributed by atoms with Gasteiger partial charge in [0.05, 0.1) is 36.0 Å². The molecule has 1 saturated carbocycles. The highest BCUT2D eigenvalue weighted by Gasteiger charge is 2.40. The number of amides is 1. The molecule has 0 saturated heterocycles. The van der Waals surface area contributed by atoms with Gasteiger partial charge in [0.1, 0.15) is 5.69 Å². The number of aromatic nitrogens is 2. The molecule has 1 aliphatic heterocycles. The van der Waals surface area contributed by atoms with E-state index in [4.69, 9.17) is 5.26 Å². The van der Waals surface area contributed by atoms with Gasteiger partial charge in [-0.25, -0.2) is 0 Å². The minimum atomic E-state index is -4.60. The van der Waals surface area contributed by atoms with E-state index in [0.29, 0.717) is 43.5 Å². The molecule has 5 rings (SSSR count). The molecule has 206 valence electrons. The molecule has 2 aliphatic rings. The van der Waals surface area contributed by atoms with E-state index in [9.17, 15) is 22.8 Å². The van der Waals surface area contributed by atoms with Crippen molar-refractivity contribution in [1.82, 2.24) is 9.78 Å². The second-order valence-electron chi connectivity index (χ2n) is 8.63. The van der Waals surface area contributed by atoms with Crippen LogP contribution in [-0.2, 0) is 11.3 Å². The first-order valence-corrected chi connectivity index (χ1v) is 12.6. The molecule has 0 radical (unpaired) electrons. The van der Waals surface area contributed by atoms with Crippen molar-refractivity contribution in [2.75, 3.05) is 23.8 Å². The average molecular weight is 542 g/mol. The Morgan fingerprint density at radius 1 is 1.13 bits per heavy atom. The lowest BCUT2D eigenvalue weighted by Gasteiger charge is -2.36. The molecule has 0 unspecified atom stereocenters. The Labute approximate surface area is 225 Å². The predicted molar refractivity (Wildman–Crippen MR) is 141 cm³/mol. The van der Waals surface area contributed by atoms with Crippen LogP contribution in [0.15, 0.2) is 54.7 Å². The van der Waals surface area contributed by atoms with E-state index in [1.54, 1.807) is 29.2 Å². The highest BCUT2D eigenvalue weighted by atomic mass is 19.4. The summed E-state index contributed by atoms with van der Waals surface area (Å²) in [5.41, 5.74) is 3.78. The predicted octanol–water partition coefficient (Wildman–Crippen LogP) is 5.76. The number of hydrogen-bond acceptors (Lipinski definition) is 6. The monoisotopic (exact) mass is 541 g/mol. The largest absolute Gasteiger partial charge is 0.522 e. The number of aldehydes is 1. The van der Waals surface area contributed by atoms with E-state index >= 15 is 0 Å². The van der Waals surface area contributed by atoms with Crippen LogP contribution in [0.4, 0.5) is 24.5 Å². The molecular formula is C28H30F3N5O3. The van der Waals surface area contributed by atoms with Gasteiger partial charge in [-0.15, -0.1) is 13.2 Å². The maximum Gasteiger partial charge on any atom is 0.522 e. The molecule has 1 amide bonds. The van der Waals surface area contributed by atoms with Crippen LogP contribution < -0.4 is 10.2 Å². The number of hydrogen-bond donors (Lipinski definition) is 1. The molecule has 39 heavy (non-hydrogen) atoms. The molecule has 1 fully saturated rings. The number of rotatable bonds is 5. The summed E-state index contributed by atoms with van der Waals surface area (Å²) in [5, 5.41) is 15.5. The summed E-state index contributed by atoms with van der Waals surface area (Å²) in [6, 6.07) is 16.6. The summed E-state index contributed by atoms with van der Waals surface area (Å²) in [6.07, 6.45) is -2.75. The number of halogens is 3. The zero-order valence-electron chi connectivity index (χ0n) is 21.9. The van der Waals surface area contributed by atoms with Crippen molar-refractivity contribution in [3.05, 3.63) is 77.1 Å². The first kappa shape index (κ1) is 29.4. The molecule has 0 bridgehead atoms. The fraction of sp³-hybridized carbons (Fsp3) is 0.357. The lowest BCUT2D eigenvalue weighted by Crippen LogP contribution is -2.41. The van der Waals surface area contributed by atoms with Crippen LogP contribution in [-0.4, -0.2) is 48.0 Å². The molecule has 1 N–H and O–H groups in total.